The third-order valence-corrected chi connectivity index (χ3v) is 24.9. The van der Waals surface area contributed by atoms with Gasteiger partial charge in [-0.15, -0.1) is 0 Å². The molecule has 178 valence electrons. The SMILES string of the molecule is CCC[CH2][Sn]([CH2]CCC)([CH2]CCC)[C]1=C2[C@H](O)[C@@H]3OC[C@@H](O3)[C@H]2CC(C[Si](C)(C)C)=C1. The standard InChI is InChI=1S/C14H21O3Si.3C4H9.Sn/c1-18(2,3)8-9-4-5-10-11(6-9)12-7-16-14(17-12)13(10)15;3*1-3-4-2;/h4,11-15H,6-8H2,1-3H3;3*1,3-4H2,2H3;/t11-,12+,13-,14+;;;;/m0..../s1. The van der Waals surface area contributed by atoms with Crippen molar-refractivity contribution >= 4 is 26.5 Å². The van der Waals surface area contributed by atoms with E-state index in [0.29, 0.717) is 12.5 Å². The van der Waals surface area contributed by atoms with Crippen LogP contribution in [0.15, 0.2) is 20.8 Å². The van der Waals surface area contributed by atoms with E-state index in [-0.39, 0.29) is 6.10 Å². The molecule has 2 saturated heterocycles. The molecular weight excluding hydrogens is 507 g/mol. The van der Waals surface area contributed by atoms with Crippen molar-refractivity contribution in [3.63, 3.8) is 0 Å². The first-order chi connectivity index (χ1) is 14.7. The van der Waals surface area contributed by atoms with Crippen LogP contribution < -0.4 is 0 Å². The Hall–Kier alpha value is 0.376. The van der Waals surface area contributed by atoms with Crippen LogP contribution in [0.4, 0.5) is 0 Å². The predicted octanol–water partition coefficient (Wildman–Crippen LogP) is 7.07. The van der Waals surface area contributed by atoms with Crippen LogP contribution in [0.1, 0.15) is 65.7 Å². The summed E-state index contributed by atoms with van der Waals surface area (Å²) >= 11 is -2.68. The van der Waals surface area contributed by atoms with Gasteiger partial charge in [-0.2, -0.15) is 0 Å². The Kier molecular flexibility index (Phi) is 9.39. The van der Waals surface area contributed by atoms with Gasteiger partial charge in [0, 0.05) is 0 Å². The van der Waals surface area contributed by atoms with Crippen LogP contribution in [-0.2, 0) is 9.47 Å². The third-order valence-electron chi connectivity index (χ3n) is 7.66. The third kappa shape index (κ3) is 6.09. The molecule has 5 heteroatoms. The van der Waals surface area contributed by atoms with Crippen molar-refractivity contribution in [2.45, 2.75) is 123 Å². The summed E-state index contributed by atoms with van der Waals surface area (Å²) in [7, 11) is -1.21. The number of aliphatic hydroxyl groups is 1. The molecule has 1 aliphatic carbocycles. The Balaban J connectivity index is 2.13. The molecule has 0 amide bonds. The number of rotatable bonds is 12. The Morgan fingerprint density at radius 2 is 1.58 bits per heavy atom. The van der Waals surface area contributed by atoms with Gasteiger partial charge in [-0.25, -0.2) is 0 Å². The fourth-order valence-corrected chi connectivity index (χ4v) is 25.2. The van der Waals surface area contributed by atoms with Crippen molar-refractivity contribution in [1.82, 2.24) is 0 Å². The number of unbranched alkanes of at least 4 members (excludes halogenated alkanes) is 3. The molecule has 3 nitrogen and oxygen atoms in total. The zero-order valence-electron chi connectivity index (χ0n) is 21.1. The molecule has 2 bridgehead atoms. The van der Waals surface area contributed by atoms with Gasteiger partial charge in [-0.3, -0.25) is 0 Å². The predicted molar refractivity (Wildman–Crippen MR) is 137 cm³/mol. The van der Waals surface area contributed by atoms with Crippen LogP contribution in [0.3, 0.4) is 0 Å². The van der Waals surface area contributed by atoms with E-state index in [4.69, 9.17) is 9.47 Å². The van der Waals surface area contributed by atoms with Crippen molar-refractivity contribution in [1.29, 1.82) is 0 Å². The minimum atomic E-state index is -2.68. The van der Waals surface area contributed by atoms with E-state index in [9.17, 15) is 5.11 Å². The van der Waals surface area contributed by atoms with E-state index in [1.165, 1.54) is 63.5 Å². The first-order valence-electron chi connectivity index (χ1n) is 13.1. The zero-order chi connectivity index (χ0) is 22.6. The van der Waals surface area contributed by atoms with Crippen LogP contribution >= 0.6 is 0 Å². The average Bonchev–Trinajstić information content (AvgIpc) is 3.17. The van der Waals surface area contributed by atoms with E-state index in [1.54, 1.807) is 9.16 Å². The van der Waals surface area contributed by atoms with E-state index in [0.717, 1.165) is 6.42 Å². The first-order valence-corrected chi connectivity index (χ1v) is 24.3. The number of allylic oxidation sites excluding steroid dienone is 3. The molecule has 2 fully saturated rings. The summed E-state index contributed by atoms with van der Waals surface area (Å²) in [5.41, 5.74) is 3.05. The zero-order valence-corrected chi connectivity index (χ0v) is 25.0. The number of aliphatic hydroxyl groups excluding tert-OH is 1. The second kappa shape index (κ2) is 11.2. The van der Waals surface area contributed by atoms with Crippen LogP contribution in [0.2, 0.25) is 39.0 Å². The summed E-state index contributed by atoms with van der Waals surface area (Å²) in [4.78, 5) is 0. The summed E-state index contributed by atoms with van der Waals surface area (Å²) in [5, 5.41) is 11.4. The van der Waals surface area contributed by atoms with Crippen LogP contribution in [0, 0.1) is 5.92 Å². The van der Waals surface area contributed by atoms with E-state index < -0.39 is 38.8 Å². The molecule has 0 unspecified atom stereocenters. The maximum absolute atomic E-state index is 11.4. The molecule has 3 aliphatic rings. The van der Waals surface area contributed by atoms with Gasteiger partial charge in [0.05, 0.1) is 0 Å². The van der Waals surface area contributed by atoms with Gasteiger partial charge in [0.25, 0.3) is 0 Å². The van der Waals surface area contributed by atoms with Crippen LogP contribution in [0.5, 0.6) is 0 Å². The van der Waals surface area contributed by atoms with E-state index in [2.05, 4.69) is 46.5 Å². The Morgan fingerprint density at radius 1 is 1.00 bits per heavy atom. The second-order valence-corrected chi connectivity index (χ2v) is 30.2. The molecule has 31 heavy (non-hydrogen) atoms. The molecule has 0 spiro atoms. The van der Waals surface area contributed by atoms with E-state index in [1.807, 2.05) is 0 Å². The number of fused-ring (bicyclic) bond motifs is 4. The van der Waals surface area contributed by atoms with E-state index >= 15 is 0 Å². The maximum atomic E-state index is 11.4. The molecule has 4 atom stereocenters. The van der Waals surface area contributed by atoms with Crippen molar-refractivity contribution in [2.75, 3.05) is 6.61 Å². The summed E-state index contributed by atoms with van der Waals surface area (Å²) < 4.78 is 18.2. The molecule has 2 heterocycles. The van der Waals surface area contributed by atoms with Crippen LogP contribution in [-0.4, -0.2) is 56.7 Å². The van der Waals surface area contributed by atoms with Gasteiger partial charge < -0.3 is 0 Å². The molecule has 0 radical (unpaired) electrons. The first kappa shape index (κ1) is 26.0. The van der Waals surface area contributed by atoms with Gasteiger partial charge in [0.2, 0.25) is 0 Å². The molecule has 0 aromatic heterocycles. The van der Waals surface area contributed by atoms with Gasteiger partial charge >= 0.3 is 198 Å². The van der Waals surface area contributed by atoms with Gasteiger partial charge in [0.15, 0.2) is 0 Å². The Bertz CT molecular complexity index is 644. The molecule has 3 rings (SSSR count). The second-order valence-electron chi connectivity index (χ2n) is 11.6. The number of hydrogen-bond acceptors (Lipinski definition) is 3. The van der Waals surface area contributed by atoms with Crippen molar-refractivity contribution < 1.29 is 14.6 Å². The molecular formula is C26H48O3SiSn. The molecule has 0 aromatic rings. The monoisotopic (exact) mass is 556 g/mol. The van der Waals surface area contributed by atoms with Gasteiger partial charge in [-0.05, 0) is 0 Å². The minimum absolute atomic E-state index is 0.149. The molecule has 2 aliphatic heterocycles. The molecule has 0 aromatic carbocycles. The Labute approximate surface area is 196 Å². The fraction of sp³-hybridized carbons (Fsp3) is 0.846. The van der Waals surface area contributed by atoms with Gasteiger partial charge in [-0.1, -0.05) is 0 Å². The normalized spacial score (nSPS) is 28.7. The van der Waals surface area contributed by atoms with Gasteiger partial charge in [0.1, 0.15) is 0 Å². The van der Waals surface area contributed by atoms with Crippen molar-refractivity contribution in [3.05, 3.63) is 20.8 Å². The number of hydrogen-bond donors (Lipinski definition) is 1. The molecule has 0 saturated carbocycles. The summed E-state index contributed by atoms with van der Waals surface area (Å²) in [6.45, 7) is 15.2. The fourth-order valence-electron chi connectivity index (χ4n) is 6.20. The summed E-state index contributed by atoms with van der Waals surface area (Å²) in [6.07, 6.45) is 10.9. The molecule has 1 N–H and O–H groups in total. The summed E-state index contributed by atoms with van der Waals surface area (Å²) in [6, 6.07) is 1.28. The van der Waals surface area contributed by atoms with Crippen LogP contribution in [0.25, 0.3) is 0 Å². The van der Waals surface area contributed by atoms with Crippen molar-refractivity contribution in [2.24, 2.45) is 5.92 Å². The quantitative estimate of drug-likeness (QED) is 0.262. The Morgan fingerprint density at radius 3 is 2.10 bits per heavy atom. The summed E-state index contributed by atoms with van der Waals surface area (Å²) in [5.74, 6) is 0.348. The topological polar surface area (TPSA) is 38.7 Å². The number of ether oxygens (including phenoxy) is 2. The van der Waals surface area contributed by atoms with Crippen molar-refractivity contribution in [3.8, 4) is 0 Å². The average molecular weight is 555 g/mol.